The van der Waals surface area contributed by atoms with Gasteiger partial charge < -0.3 is 15.5 Å². The summed E-state index contributed by atoms with van der Waals surface area (Å²) in [7, 11) is 0. The molecule has 3 N–H and O–H groups in total. The van der Waals surface area contributed by atoms with E-state index < -0.39 is 0 Å². The lowest BCUT2D eigenvalue weighted by Crippen LogP contribution is -2.49. The van der Waals surface area contributed by atoms with Crippen molar-refractivity contribution in [1.29, 1.82) is 0 Å². The third kappa shape index (κ3) is 3.70. The van der Waals surface area contributed by atoms with E-state index >= 15 is 0 Å². The summed E-state index contributed by atoms with van der Waals surface area (Å²) >= 11 is 10.5. The van der Waals surface area contributed by atoms with Gasteiger partial charge in [0.05, 0.1) is 8.95 Å². The number of halogens is 3. The van der Waals surface area contributed by atoms with Crippen molar-refractivity contribution < 1.29 is 10.2 Å². The lowest BCUT2D eigenvalue weighted by Gasteiger charge is -2.44. The smallest absolute Gasteiger partial charge is 0.144 e. The van der Waals surface area contributed by atoms with E-state index in [1.165, 1.54) is 0 Å². The molecular formula is C15H21Br3N2O2. The van der Waals surface area contributed by atoms with Crippen molar-refractivity contribution in [2.75, 3.05) is 32.8 Å². The first kappa shape index (κ1) is 18.7. The lowest BCUT2D eigenvalue weighted by molar-refractivity contribution is 0.0296. The van der Waals surface area contributed by atoms with Crippen LogP contribution in [0, 0.1) is 5.41 Å². The predicted octanol–water partition coefficient (Wildman–Crippen LogP) is 3.64. The van der Waals surface area contributed by atoms with Crippen molar-refractivity contribution in [3.05, 3.63) is 25.0 Å². The minimum atomic E-state index is -0.345. The molecule has 1 aliphatic heterocycles. The SMILES string of the molecule is CC(C)(CO)[C@@H](c1c(Br)cc(Br)c(O)c1Br)N1CCNCC1. The van der Waals surface area contributed by atoms with Gasteiger partial charge in [-0.3, -0.25) is 4.90 Å². The molecule has 0 bridgehead atoms. The number of benzene rings is 1. The normalized spacial score (nSPS) is 18.5. The molecule has 7 heteroatoms. The summed E-state index contributed by atoms with van der Waals surface area (Å²) in [4.78, 5) is 2.37. The van der Waals surface area contributed by atoms with E-state index in [2.05, 4.69) is 71.9 Å². The molecule has 1 aliphatic rings. The molecule has 124 valence electrons. The molecule has 2 rings (SSSR count). The van der Waals surface area contributed by atoms with Crippen LogP contribution in [0.5, 0.6) is 5.75 Å². The maximum atomic E-state index is 10.3. The molecule has 22 heavy (non-hydrogen) atoms. The van der Waals surface area contributed by atoms with Crippen molar-refractivity contribution in [3.63, 3.8) is 0 Å². The standard InChI is InChI=1S/C15H21Br3N2O2/c1-15(2,8-21)14(20-5-3-19-4-6-20)11-9(16)7-10(17)13(22)12(11)18/h7,14,19,21-22H,3-6,8H2,1-2H3/t14-/m1/s1. The summed E-state index contributed by atoms with van der Waals surface area (Å²) in [6, 6.07) is 1.85. The molecule has 0 unspecified atom stereocenters. The first-order valence-electron chi connectivity index (χ1n) is 7.21. The molecule has 1 aromatic rings. The third-order valence-corrected chi connectivity index (χ3v) is 6.18. The molecular weight excluding hydrogens is 480 g/mol. The van der Waals surface area contributed by atoms with E-state index in [-0.39, 0.29) is 23.8 Å². The number of hydrogen-bond acceptors (Lipinski definition) is 4. The van der Waals surface area contributed by atoms with E-state index in [0.29, 0.717) is 8.95 Å². The summed E-state index contributed by atoms with van der Waals surface area (Å²) in [6.45, 7) is 7.84. The van der Waals surface area contributed by atoms with Crippen LogP contribution in [-0.2, 0) is 0 Å². The first-order valence-corrected chi connectivity index (χ1v) is 9.59. The van der Waals surface area contributed by atoms with Gasteiger partial charge in [0.15, 0.2) is 0 Å². The number of rotatable bonds is 4. The second kappa shape index (κ2) is 7.49. The van der Waals surface area contributed by atoms with Crippen LogP contribution >= 0.6 is 47.8 Å². The number of phenolic OH excluding ortho intramolecular Hbond substituents is 1. The van der Waals surface area contributed by atoms with E-state index in [0.717, 1.165) is 36.2 Å². The quantitative estimate of drug-likeness (QED) is 0.591. The Labute approximate surface area is 156 Å². The zero-order chi connectivity index (χ0) is 16.5. The average molecular weight is 501 g/mol. The minimum Gasteiger partial charge on any atom is -0.506 e. The molecule has 1 saturated heterocycles. The summed E-state index contributed by atoms with van der Waals surface area (Å²) in [6.07, 6.45) is 0. The number of hydrogen-bond donors (Lipinski definition) is 3. The van der Waals surface area contributed by atoms with Gasteiger partial charge in [0, 0.05) is 54.3 Å². The molecule has 1 aromatic carbocycles. The number of nitrogens with one attached hydrogen (secondary N) is 1. The second-order valence-corrected chi connectivity index (χ2v) is 8.75. The highest BCUT2D eigenvalue weighted by Gasteiger charge is 2.38. The molecule has 4 nitrogen and oxygen atoms in total. The van der Waals surface area contributed by atoms with Crippen LogP contribution in [0.4, 0.5) is 0 Å². The summed E-state index contributed by atoms with van der Waals surface area (Å²) in [5.74, 6) is 0.187. The van der Waals surface area contributed by atoms with E-state index in [9.17, 15) is 10.2 Å². The molecule has 0 amide bonds. The Hall–Kier alpha value is 0.340. The van der Waals surface area contributed by atoms with Crippen LogP contribution in [0.2, 0.25) is 0 Å². The number of piperazine rings is 1. The van der Waals surface area contributed by atoms with E-state index in [4.69, 9.17) is 0 Å². The zero-order valence-corrected chi connectivity index (χ0v) is 17.4. The van der Waals surface area contributed by atoms with E-state index in [1.807, 2.05) is 6.07 Å². The fraction of sp³-hybridized carbons (Fsp3) is 0.600. The lowest BCUT2D eigenvalue weighted by atomic mass is 9.79. The van der Waals surface area contributed by atoms with Gasteiger partial charge in [-0.15, -0.1) is 0 Å². The highest BCUT2D eigenvalue weighted by Crippen LogP contribution is 2.48. The maximum Gasteiger partial charge on any atom is 0.144 e. The summed E-state index contributed by atoms with van der Waals surface area (Å²) in [5.41, 5.74) is 0.629. The van der Waals surface area contributed by atoms with Gasteiger partial charge in [-0.25, -0.2) is 0 Å². The Balaban J connectivity index is 2.57. The zero-order valence-electron chi connectivity index (χ0n) is 12.7. The first-order chi connectivity index (χ1) is 10.3. The number of aliphatic hydroxyl groups is 1. The minimum absolute atomic E-state index is 0.0117. The Morgan fingerprint density at radius 3 is 2.36 bits per heavy atom. The molecule has 0 radical (unpaired) electrons. The molecule has 1 atom stereocenters. The van der Waals surface area contributed by atoms with Crippen molar-refractivity contribution in [2.45, 2.75) is 19.9 Å². The summed E-state index contributed by atoms with van der Waals surface area (Å²) in [5, 5.41) is 23.6. The molecule has 1 heterocycles. The van der Waals surface area contributed by atoms with Gasteiger partial charge in [0.1, 0.15) is 5.75 Å². The highest BCUT2D eigenvalue weighted by atomic mass is 79.9. The van der Waals surface area contributed by atoms with Crippen molar-refractivity contribution in [3.8, 4) is 5.75 Å². The Morgan fingerprint density at radius 1 is 1.23 bits per heavy atom. The van der Waals surface area contributed by atoms with Crippen LogP contribution in [0.1, 0.15) is 25.5 Å². The fourth-order valence-electron chi connectivity index (χ4n) is 2.94. The Kier molecular flexibility index (Phi) is 6.36. The number of aromatic hydroxyl groups is 1. The topological polar surface area (TPSA) is 55.7 Å². The van der Waals surface area contributed by atoms with Gasteiger partial charge in [0.25, 0.3) is 0 Å². The third-order valence-electron chi connectivity index (χ3n) is 4.12. The van der Waals surface area contributed by atoms with Crippen molar-refractivity contribution >= 4 is 47.8 Å². The average Bonchev–Trinajstić information content (AvgIpc) is 2.50. The molecule has 0 saturated carbocycles. The van der Waals surface area contributed by atoms with Gasteiger partial charge in [-0.2, -0.15) is 0 Å². The van der Waals surface area contributed by atoms with Crippen molar-refractivity contribution in [1.82, 2.24) is 10.2 Å². The fourth-order valence-corrected chi connectivity index (χ4v) is 5.49. The summed E-state index contributed by atoms with van der Waals surface area (Å²) < 4.78 is 2.21. The maximum absolute atomic E-state index is 10.3. The van der Waals surface area contributed by atoms with Gasteiger partial charge >= 0.3 is 0 Å². The molecule has 0 spiro atoms. The van der Waals surface area contributed by atoms with Gasteiger partial charge in [0.2, 0.25) is 0 Å². The van der Waals surface area contributed by atoms with Crippen LogP contribution in [0.25, 0.3) is 0 Å². The van der Waals surface area contributed by atoms with Crippen LogP contribution in [0.3, 0.4) is 0 Å². The second-order valence-electron chi connectivity index (χ2n) is 6.25. The molecule has 0 aromatic heterocycles. The van der Waals surface area contributed by atoms with Crippen LogP contribution < -0.4 is 5.32 Å². The van der Waals surface area contributed by atoms with Crippen LogP contribution in [-0.4, -0.2) is 47.9 Å². The Morgan fingerprint density at radius 2 is 1.82 bits per heavy atom. The van der Waals surface area contributed by atoms with Crippen LogP contribution in [0.15, 0.2) is 19.5 Å². The predicted molar refractivity (Wildman–Crippen MR) is 99.3 cm³/mol. The Bertz CT molecular complexity index is 546. The van der Waals surface area contributed by atoms with E-state index in [1.54, 1.807) is 0 Å². The van der Waals surface area contributed by atoms with Gasteiger partial charge in [-0.05, 0) is 37.9 Å². The largest absolute Gasteiger partial charge is 0.506 e. The molecule has 1 fully saturated rings. The van der Waals surface area contributed by atoms with Gasteiger partial charge in [-0.1, -0.05) is 29.8 Å². The van der Waals surface area contributed by atoms with Crippen molar-refractivity contribution in [2.24, 2.45) is 5.41 Å². The number of aliphatic hydroxyl groups excluding tert-OH is 1. The molecule has 0 aliphatic carbocycles. The monoisotopic (exact) mass is 498 g/mol. The number of nitrogens with zero attached hydrogens (tertiary/aromatic N) is 1. The number of phenols is 1. The highest BCUT2D eigenvalue weighted by molar-refractivity contribution is 9.11.